The van der Waals surface area contributed by atoms with E-state index in [0.717, 1.165) is 64.5 Å². The molecule has 0 amide bonds. The van der Waals surface area contributed by atoms with Gasteiger partial charge in [0.1, 0.15) is 0 Å². The van der Waals surface area contributed by atoms with Gasteiger partial charge >= 0.3 is 0 Å². The highest BCUT2D eigenvalue weighted by molar-refractivity contribution is 14.0. The molecule has 1 N–H and O–H groups in total. The van der Waals surface area contributed by atoms with E-state index in [1.54, 1.807) is 0 Å². The highest BCUT2D eigenvalue weighted by atomic mass is 127. The molecule has 2 rings (SSSR count). The lowest BCUT2D eigenvalue weighted by Crippen LogP contribution is -2.52. The molecule has 0 bridgehead atoms. The summed E-state index contributed by atoms with van der Waals surface area (Å²) in [4.78, 5) is 9.31. The molecule has 1 unspecified atom stereocenters. The molecule has 2 heterocycles. The Morgan fingerprint density at radius 2 is 1.77 bits per heavy atom. The van der Waals surface area contributed by atoms with E-state index in [0.29, 0.717) is 12.0 Å². The Morgan fingerprint density at radius 1 is 1.15 bits per heavy atom. The molecule has 0 radical (unpaired) electrons. The Bertz CT molecular complexity index is 397. The fraction of sp³-hybridized carbons (Fsp3) is 0.947. The zero-order valence-corrected chi connectivity index (χ0v) is 19.4. The quantitative estimate of drug-likeness (QED) is 0.343. The minimum absolute atomic E-state index is 0. The maximum Gasteiger partial charge on any atom is 0.193 e. The Kier molecular flexibility index (Phi) is 12.1. The van der Waals surface area contributed by atoms with Gasteiger partial charge in [0, 0.05) is 59.5 Å². The standard InChI is InChI=1S/C19H38N4O2.HI/c1-16(2)18(23-9-13-25-14-10-23)15-21-19(20-3)22(4)8-5-17-6-11-24-12-7-17;/h16-18H,5-15H2,1-4H3,(H,20,21);1H. The van der Waals surface area contributed by atoms with Crippen LogP contribution in [-0.2, 0) is 9.47 Å². The third kappa shape index (κ3) is 7.86. The third-order valence-electron chi connectivity index (χ3n) is 5.54. The van der Waals surface area contributed by atoms with Crippen LogP contribution in [0.3, 0.4) is 0 Å². The number of guanidine groups is 1. The summed E-state index contributed by atoms with van der Waals surface area (Å²) in [6.45, 7) is 12.2. The maximum atomic E-state index is 5.50. The number of nitrogens with zero attached hydrogens (tertiary/aromatic N) is 3. The van der Waals surface area contributed by atoms with Crippen molar-refractivity contribution in [1.82, 2.24) is 15.1 Å². The summed E-state index contributed by atoms with van der Waals surface area (Å²) in [6.07, 6.45) is 3.62. The first kappa shape index (κ1) is 23.9. The smallest absolute Gasteiger partial charge is 0.193 e. The van der Waals surface area contributed by atoms with Gasteiger partial charge in [0.25, 0.3) is 0 Å². The lowest BCUT2D eigenvalue weighted by molar-refractivity contribution is 0.00741. The summed E-state index contributed by atoms with van der Waals surface area (Å²) in [5, 5.41) is 3.60. The topological polar surface area (TPSA) is 49.3 Å². The molecule has 2 aliphatic rings. The summed E-state index contributed by atoms with van der Waals surface area (Å²) in [5.41, 5.74) is 0. The van der Waals surface area contributed by atoms with Crippen molar-refractivity contribution in [3.8, 4) is 0 Å². The van der Waals surface area contributed by atoms with Gasteiger partial charge in [0.15, 0.2) is 5.96 Å². The van der Waals surface area contributed by atoms with Gasteiger partial charge in [-0.3, -0.25) is 9.89 Å². The van der Waals surface area contributed by atoms with Crippen LogP contribution in [0.4, 0.5) is 0 Å². The first-order valence-corrected chi connectivity index (χ1v) is 9.93. The average Bonchev–Trinajstić information content (AvgIpc) is 2.64. The fourth-order valence-corrected chi connectivity index (χ4v) is 3.79. The van der Waals surface area contributed by atoms with Crippen LogP contribution in [-0.4, -0.2) is 88.5 Å². The molecule has 1 atom stereocenters. The second kappa shape index (κ2) is 13.1. The van der Waals surface area contributed by atoms with Gasteiger partial charge < -0.3 is 19.7 Å². The van der Waals surface area contributed by atoms with E-state index in [2.05, 4.69) is 41.0 Å². The van der Waals surface area contributed by atoms with Gasteiger partial charge in [-0.15, -0.1) is 24.0 Å². The van der Waals surface area contributed by atoms with Crippen LogP contribution in [0, 0.1) is 11.8 Å². The maximum absolute atomic E-state index is 5.50. The lowest BCUT2D eigenvalue weighted by atomic mass is 9.96. The lowest BCUT2D eigenvalue weighted by Gasteiger charge is -2.37. The highest BCUT2D eigenvalue weighted by Gasteiger charge is 2.24. The Balaban J connectivity index is 0.00000338. The molecule has 0 aromatic carbocycles. The van der Waals surface area contributed by atoms with Crippen molar-refractivity contribution in [2.45, 2.75) is 39.2 Å². The summed E-state index contributed by atoms with van der Waals surface area (Å²) in [6, 6.07) is 0.518. The summed E-state index contributed by atoms with van der Waals surface area (Å²) < 4.78 is 11.0. The van der Waals surface area contributed by atoms with E-state index in [1.807, 2.05) is 7.05 Å². The van der Waals surface area contributed by atoms with E-state index in [4.69, 9.17) is 9.47 Å². The molecule has 0 aromatic rings. The summed E-state index contributed by atoms with van der Waals surface area (Å²) in [7, 11) is 4.03. The normalized spacial score (nSPS) is 21.3. The number of rotatable bonds is 7. The van der Waals surface area contributed by atoms with Crippen molar-refractivity contribution in [3.63, 3.8) is 0 Å². The van der Waals surface area contributed by atoms with E-state index < -0.39 is 0 Å². The SMILES string of the molecule is CN=C(NCC(C(C)C)N1CCOCC1)N(C)CCC1CCOCC1.I. The number of morpholine rings is 1. The molecule has 2 aliphatic heterocycles. The van der Waals surface area contributed by atoms with Crippen molar-refractivity contribution in [2.24, 2.45) is 16.8 Å². The summed E-state index contributed by atoms with van der Waals surface area (Å²) in [5.74, 6) is 2.41. The first-order chi connectivity index (χ1) is 12.1. The van der Waals surface area contributed by atoms with Crippen LogP contribution in [0.5, 0.6) is 0 Å². The van der Waals surface area contributed by atoms with Gasteiger partial charge in [0.2, 0.25) is 0 Å². The van der Waals surface area contributed by atoms with Gasteiger partial charge in [-0.25, -0.2) is 0 Å². The Hall–Kier alpha value is -0.120. The number of halogens is 1. The van der Waals surface area contributed by atoms with Crippen LogP contribution in [0.2, 0.25) is 0 Å². The monoisotopic (exact) mass is 482 g/mol. The zero-order chi connectivity index (χ0) is 18.1. The molecular formula is C19H39IN4O2. The van der Waals surface area contributed by atoms with E-state index in [1.165, 1.54) is 19.3 Å². The van der Waals surface area contributed by atoms with Crippen LogP contribution in [0.15, 0.2) is 4.99 Å². The molecule has 26 heavy (non-hydrogen) atoms. The first-order valence-electron chi connectivity index (χ1n) is 9.93. The molecule has 154 valence electrons. The molecule has 6 nitrogen and oxygen atoms in total. The largest absolute Gasteiger partial charge is 0.381 e. The van der Waals surface area contributed by atoms with E-state index in [9.17, 15) is 0 Å². The number of aliphatic imine (C=N–C) groups is 1. The van der Waals surface area contributed by atoms with Crippen molar-refractivity contribution in [2.75, 3.05) is 66.7 Å². The second-order valence-electron chi connectivity index (χ2n) is 7.65. The minimum Gasteiger partial charge on any atom is -0.381 e. The number of nitrogens with one attached hydrogen (secondary N) is 1. The van der Waals surface area contributed by atoms with Gasteiger partial charge in [0.05, 0.1) is 13.2 Å². The Labute approximate surface area is 177 Å². The molecule has 2 fully saturated rings. The van der Waals surface area contributed by atoms with Crippen molar-refractivity contribution in [1.29, 1.82) is 0 Å². The van der Waals surface area contributed by atoms with Crippen molar-refractivity contribution >= 4 is 29.9 Å². The molecule has 0 spiro atoms. The molecule has 2 saturated heterocycles. The highest BCUT2D eigenvalue weighted by Crippen LogP contribution is 2.18. The Morgan fingerprint density at radius 3 is 2.35 bits per heavy atom. The molecular weight excluding hydrogens is 443 g/mol. The van der Waals surface area contributed by atoms with Crippen LogP contribution in [0.25, 0.3) is 0 Å². The van der Waals surface area contributed by atoms with Gasteiger partial charge in [-0.2, -0.15) is 0 Å². The molecule has 0 aliphatic carbocycles. The molecule has 7 heteroatoms. The third-order valence-corrected chi connectivity index (χ3v) is 5.54. The predicted molar refractivity (Wildman–Crippen MR) is 119 cm³/mol. The fourth-order valence-electron chi connectivity index (χ4n) is 3.79. The molecule has 0 aromatic heterocycles. The number of hydrogen-bond acceptors (Lipinski definition) is 4. The van der Waals surface area contributed by atoms with Crippen LogP contribution >= 0.6 is 24.0 Å². The predicted octanol–water partition coefficient (Wildman–Crippen LogP) is 2.29. The van der Waals surface area contributed by atoms with Crippen LogP contribution < -0.4 is 5.32 Å². The average molecular weight is 482 g/mol. The van der Waals surface area contributed by atoms with Gasteiger partial charge in [-0.1, -0.05) is 13.8 Å². The molecule has 0 saturated carbocycles. The van der Waals surface area contributed by atoms with Crippen molar-refractivity contribution in [3.05, 3.63) is 0 Å². The zero-order valence-electron chi connectivity index (χ0n) is 17.1. The van der Waals surface area contributed by atoms with Crippen LogP contribution in [0.1, 0.15) is 33.1 Å². The number of hydrogen-bond donors (Lipinski definition) is 1. The summed E-state index contributed by atoms with van der Waals surface area (Å²) >= 11 is 0. The number of ether oxygens (including phenoxy) is 2. The van der Waals surface area contributed by atoms with E-state index >= 15 is 0 Å². The van der Waals surface area contributed by atoms with E-state index in [-0.39, 0.29) is 24.0 Å². The van der Waals surface area contributed by atoms with Gasteiger partial charge in [-0.05, 0) is 31.1 Å². The minimum atomic E-state index is 0. The second-order valence-corrected chi connectivity index (χ2v) is 7.65. The van der Waals surface area contributed by atoms with Crippen molar-refractivity contribution < 1.29 is 9.47 Å².